The van der Waals surface area contributed by atoms with Crippen molar-refractivity contribution in [3.8, 4) is 0 Å². The first-order chi connectivity index (χ1) is 8.84. The first-order valence-electron chi connectivity index (χ1n) is 6.27. The number of hydrogen-bond acceptors (Lipinski definition) is 3. The van der Waals surface area contributed by atoms with Crippen LogP contribution in [0.25, 0.3) is 0 Å². The van der Waals surface area contributed by atoms with Gasteiger partial charge in [-0.25, -0.2) is 13.1 Å². The maximum atomic E-state index is 12.1. The Balaban J connectivity index is 0.00000361. The Labute approximate surface area is 132 Å². The van der Waals surface area contributed by atoms with Gasteiger partial charge in [-0.05, 0) is 24.0 Å². The third kappa shape index (κ3) is 6.90. The van der Waals surface area contributed by atoms with E-state index in [2.05, 4.69) is 4.72 Å². The molecule has 0 aliphatic carbocycles. The van der Waals surface area contributed by atoms with Gasteiger partial charge >= 0.3 is 0 Å². The van der Waals surface area contributed by atoms with Crippen LogP contribution in [0.15, 0.2) is 24.3 Å². The SMILES string of the molecule is CC(C)CC(CN)NS(=O)(=O)Cc1ccccc1Cl.Cl. The van der Waals surface area contributed by atoms with E-state index in [0.717, 1.165) is 6.42 Å². The quantitative estimate of drug-likeness (QED) is 0.801. The Bertz CT molecular complexity index is 507. The predicted octanol–water partition coefficient (Wildman–Crippen LogP) is 2.55. The van der Waals surface area contributed by atoms with Crippen molar-refractivity contribution in [2.45, 2.75) is 32.1 Å². The molecule has 20 heavy (non-hydrogen) atoms. The van der Waals surface area contributed by atoms with Crippen LogP contribution in [0.1, 0.15) is 25.8 Å². The third-order valence-electron chi connectivity index (χ3n) is 2.69. The summed E-state index contributed by atoms with van der Waals surface area (Å²) in [6, 6.07) is 6.70. The monoisotopic (exact) mass is 340 g/mol. The summed E-state index contributed by atoms with van der Waals surface area (Å²) in [6.45, 7) is 4.36. The average molecular weight is 341 g/mol. The molecular formula is C13H22Cl2N2O2S. The van der Waals surface area contributed by atoms with E-state index >= 15 is 0 Å². The van der Waals surface area contributed by atoms with Gasteiger partial charge in [0.1, 0.15) is 0 Å². The highest BCUT2D eigenvalue weighted by molar-refractivity contribution is 7.88. The summed E-state index contributed by atoms with van der Waals surface area (Å²) in [5.74, 6) is 0.262. The predicted molar refractivity (Wildman–Crippen MR) is 86.8 cm³/mol. The lowest BCUT2D eigenvalue weighted by Crippen LogP contribution is -2.41. The molecule has 0 fully saturated rings. The highest BCUT2D eigenvalue weighted by Gasteiger charge is 2.19. The van der Waals surface area contributed by atoms with E-state index in [1.807, 2.05) is 13.8 Å². The molecular weight excluding hydrogens is 319 g/mol. The molecule has 1 unspecified atom stereocenters. The van der Waals surface area contributed by atoms with Crippen molar-refractivity contribution in [3.05, 3.63) is 34.9 Å². The molecule has 0 spiro atoms. The van der Waals surface area contributed by atoms with E-state index < -0.39 is 10.0 Å². The minimum atomic E-state index is -3.43. The van der Waals surface area contributed by atoms with Gasteiger partial charge < -0.3 is 5.73 Å². The fraction of sp³-hybridized carbons (Fsp3) is 0.538. The van der Waals surface area contributed by atoms with Crippen LogP contribution in [0.2, 0.25) is 5.02 Å². The highest BCUT2D eigenvalue weighted by Crippen LogP contribution is 2.17. The molecule has 0 bridgehead atoms. The maximum Gasteiger partial charge on any atom is 0.216 e. The molecule has 7 heteroatoms. The van der Waals surface area contributed by atoms with Crippen LogP contribution in [-0.4, -0.2) is 21.0 Å². The molecule has 0 heterocycles. The van der Waals surface area contributed by atoms with Gasteiger partial charge in [-0.15, -0.1) is 12.4 Å². The number of hydrogen-bond donors (Lipinski definition) is 2. The van der Waals surface area contributed by atoms with Crippen molar-refractivity contribution in [2.75, 3.05) is 6.54 Å². The lowest BCUT2D eigenvalue weighted by atomic mass is 10.1. The minimum absolute atomic E-state index is 0. The van der Waals surface area contributed by atoms with Crippen LogP contribution >= 0.6 is 24.0 Å². The van der Waals surface area contributed by atoms with Gasteiger partial charge in [0.2, 0.25) is 10.0 Å². The lowest BCUT2D eigenvalue weighted by Gasteiger charge is -2.19. The topological polar surface area (TPSA) is 72.2 Å². The van der Waals surface area contributed by atoms with Crippen LogP contribution in [-0.2, 0) is 15.8 Å². The van der Waals surface area contributed by atoms with Crippen molar-refractivity contribution in [2.24, 2.45) is 11.7 Å². The second-order valence-corrected chi connectivity index (χ2v) is 7.19. The average Bonchev–Trinajstić information content (AvgIpc) is 2.30. The maximum absolute atomic E-state index is 12.1. The molecule has 1 atom stereocenters. The van der Waals surface area contributed by atoms with Gasteiger partial charge in [-0.3, -0.25) is 0 Å². The number of rotatable bonds is 7. The Morgan fingerprint density at radius 3 is 2.40 bits per heavy atom. The molecule has 1 aromatic carbocycles. The van der Waals surface area contributed by atoms with Crippen molar-refractivity contribution >= 4 is 34.0 Å². The molecule has 3 N–H and O–H groups in total. The Hall–Kier alpha value is -0.330. The number of nitrogens with one attached hydrogen (secondary N) is 1. The molecule has 4 nitrogen and oxygen atoms in total. The molecule has 0 amide bonds. The Morgan fingerprint density at radius 1 is 1.30 bits per heavy atom. The minimum Gasteiger partial charge on any atom is -0.329 e. The lowest BCUT2D eigenvalue weighted by molar-refractivity contribution is 0.465. The summed E-state index contributed by atoms with van der Waals surface area (Å²) < 4.78 is 26.8. The fourth-order valence-electron chi connectivity index (χ4n) is 1.88. The summed E-state index contributed by atoms with van der Waals surface area (Å²) in [7, 11) is -3.43. The van der Waals surface area contributed by atoms with Crippen molar-refractivity contribution in [3.63, 3.8) is 0 Å². The smallest absolute Gasteiger partial charge is 0.216 e. The first kappa shape index (κ1) is 19.7. The molecule has 0 saturated heterocycles. The number of halogens is 2. The number of benzene rings is 1. The van der Waals surface area contributed by atoms with Gasteiger partial charge in [-0.2, -0.15) is 0 Å². The van der Waals surface area contributed by atoms with Gasteiger partial charge in [0, 0.05) is 17.6 Å². The summed E-state index contributed by atoms with van der Waals surface area (Å²) in [4.78, 5) is 0. The van der Waals surface area contributed by atoms with Gasteiger partial charge in [0.25, 0.3) is 0 Å². The second-order valence-electron chi connectivity index (χ2n) is 5.03. The zero-order chi connectivity index (χ0) is 14.5. The molecule has 0 aromatic heterocycles. The van der Waals surface area contributed by atoms with E-state index in [-0.39, 0.29) is 24.2 Å². The Morgan fingerprint density at radius 2 is 1.90 bits per heavy atom. The van der Waals surface area contributed by atoms with Crippen LogP contribution in [0, 0.1) is 5.92 Å². The van der Waals surface area contributed by atoms with E-state index in [4.69, 9.17) is 17.3 Å². The molecule has 0 radical (unpaired) electrons. The zero-order valence-electron chi connectivity index (χ0n) is 11.7. The normalized spacial score (nSPS) is 13.1. The first-order valence-corrected chi connectivity index (χ1v) is 8.30. The standard InChI is InChI=1S/C13H21ClN2O2S.ClH/c1-10(2)7-12(8-15)16-19(17,18)9-11-5-3-4-6-13(11)14;/h3-6,10,12,16H,7-9,15H2,1-2H3;1H. The van der Waals surface area contributed by atoms with E-state index in [9.17, 15) is 8.42 Å². The summed E-state index contributed by atoms with van der Waals surface area (Å²) >= 11 is 5.97. The van der Waals surface area contributed by atoms with Crippen LogP contribution < -0.4 is 10.5 Å². The summed E-state index contributed by atoms with van der Waals surface area (Å²) in [5, 5.41) is 0.459. The number of nitrogens with two attached hydrogens (primary N) is 1. The van der Waals surface area contributed by atoms with E-state index in [1.165, 1.54) is 0 Å². The summed E-state index contributed by atoms with van der Waals surface area (Å²) in [5.41, 5.74) is 6.19. The summed E-state index contributed by atoms with van der Waals surface area (Å²) in [6.07, 6.45) is 0.720. The second kappa shape index (κ2) is 8.85. The van der Waals surface area contributed by atoms with Crippen LogP contribution in [0.5, 0.6) is 0 Å². The molecule has 0 aliphatic heterocycles. The molecule has 1 rings (SSSR count). The van der Waals surface area contributed by atoms with E-state index in [0.29, 0.717) is 23.0 Å². The fourth-order valence-corrected chi connectivity index (χ4v) is 3.60. The van der Waals surface area contributed by atoms with E-state index in [1.54, 1.807) is 24.3 Å². The van der Waals surface area contributed by atoms with Crippen molar-refractivity contribution in [1.82, 2.24) is 4.72 Å². The van der Waals surface area contributed by atoms with Gasteiger partial charge in [0.15, 0.2) is 0 Å². The van der Waals surface area contributed by atoms with Gasteiger partial charge in [-0.1, -0.05) is 43.6 Å². The largest absolute Gasteiger partial charge is 0.329 e. The van der Waals surface area contributed by atoms with Crippen LogP contribution in [0.4, 0.5) is 0 Å². The third-order valence-corrected chi connectivity index (χ3v) is 4.44. The Kier molecular flexibility index (Phi) is 8.70. The molecule has 0 saturated carbocycles. The number of sulfonamides is 1. The van der Waals surface area contributed by atoms with Crippen molar-refractivity contribution in [1.29, 1.82) is 0 Å². The van der Waals surface area contributed by atoms with Crippen molar-refractivity contribution < 1.29 is 8.42 Å². The van der Waals surface area contributed by atoms with Crippen LogP contribution in [0.3, 0.4) is 0 Å². The molecule has 1 aromatic rings. The van der Waals surface area contributed by atoms with Gasteiger partial charge in [0.05, 0.1) is 5.75 Å². The molecule has 0 aliphatic rings. The zero-order valence-corrected chi connectivity index (χ0v) is 14.1. The molecule has 116 valence electrons. The highest BCUT2D eigenvalue weighted by atomic mass is 35.5.